The smallest absolute Gasteiger partial charge is 0.168 e. The summed E-state index contributed by atoms with van der Waals surface area (Å²) in [5.41, 5.74) is 3.47. The number of hydrogen-bond acceptors (Lipinski definition) is 2. The molecule has 0 saturated heterocycles. The predicted octanol–water partition coefficient (Wildman–Crippen LogP) is 4.13. The zero-order valence-corrected chi connectivity index (χ0v) is 14.0. The number of carbonyl (C=O) groups is 1. The van der Waals surface area contributed by atoms with Crippen LogP contribution in [0.25, 0.3) is 0 Å². The summed E-state index contributed by atoms with van der Waals surface area (Å²) >= 11 is 9.52. The van der Waals surface area contributed by atoms with Crippen LogP contribution >= 0.6 is 27.5 Å². The van der Waals surface area contributed by atoms with Crippen molar-refractivity contribution < 1.29 is 4.79 Å². The number of Topliss-reactive ketones (excluding diaryl/α,β-unsaturated/α-hetero) is 1. The first-order chi connectivity index (χ1) is 9.43. The maximum absolute atomic E-state index is 12.4. The molecule has 1 aromatic carbocycles. The van der Waals surface area contributed by atoms with Crippen LogP contribution in [-0.2, 0) is 19.9 Å². The second-order valence-corrected chi connectivity index (χ2v) is 5.95. The van der Waals surface area contributed by atoms with Crippen molar-refractivity contribution in [3.63, 3.8) is 0 Å². The van der Waals surface area contributed by atoms with E-state index in [9.17, 15) is 4.79 Å². The predicted molar refractivity (Wildman–Crippen MR) is 84.5 cm³/mol. The van der Waals surface area contributed by atoms with Crippen LogP contribution in [0.5, 0.6) is 0 Å². The molecule has 0 saturated carbocycles. The summed E-state index contributed by atoms with van der Waals surface area (Å²) in [7, 11) is 1.86. The van der Waals surface area contributed by atoms with Crippen molar-refractivity contribution in [3.05, 3.63) is 50.2 Å². The molecule has 0 amide bonds. The van der Waals surface area contributed by atoms with Crippen molar-refractivity contribution >= 4 is 33.3 Å². The maximum Gasteiger partial charge on any atom is 0.168 e. The van der Waals surface area contributed by atoms with Crippen LogP contribution < -0.4 is 0 Å². The van der Waals surface area contributed by atoms with Gasteiger partial charge < -0.3 is 0 Å². The summed E-state index contributed by atoms with van der Waals surface area (Å²) in [5, 5.41) is 5.08. The third-order valence-electron chi connectivity index (χ3n) is 3.31. The number of aromatic nitrogens is 2. The molecule has 1 aromatic heterocycles. The Hall–Kier alpha value is -1.13. The summed E-state index contributed by atoms with van der Waals surface area (Å²) in [6.07, 6.45) is 1.16. The Balaban J connectivity index is 2.28. The van der Waals surface area contributed by atoms with Gasteiger partial charge in [0.2, 0.25) is 0 Å². The highest BCUT2D eigenvalue weighted by molar-refractivity contribution is 9.10. The maximum atomic E-state index is 12.4. The van der Waals surface area contributed by atoms with Gasteiger partial charge in [0, 0.05) is 17.6 Å². The van der Waals surface area contributed by atoms with E-state index >= 15 is 0 Å². The Morgan fingerprint density at radius 3 is 2.70 bits per heavy atom. The Labute approximate surface area is 132 Å². The number of hydrogen-bond donors (Lipinski definition) is 0. The van der Waals surface area contributed by atoms with Crippen molar-refractivity contribution in [1.29, 1.82) is 0 Å². The lowest BCUT2D eigenvalue weighted by Gasteiger charge is -2.05. The third-order valence-corrected chi connectivity index (χ3v) is 4.65. The fourth-order valence-electron chi connectivity index (χ4n) is 2.08. The lowest BCUT2D eigenvalue weighted by Crippen LogP contribution is -2.08. The summed E-state index contributed by atoms with van der Waals surface area (Å²) in [6, 6.07) is 5.36. The first-order valence-electron chi connectivity index (χ1n) is 6.43. The minimum atomic E-state index is 0.0659. The highest BCUT2D eigenvalue weighted by Gasteiger charge is 2.17. The molecule has 0 aliphatic carbocycles. The van der Waals surface area contributed by atoms with Crippen molar-refractivity contribution in [2.75, 3.05) is 0 Å². The summed E-state index contributed by atoms with van der Waals surface area (Å²) < 4.78 is 2.70. The minimum absolute atomic E-state index is 0.0659. The molecule has 0 radical (unpaired) electrons. The molecule has 106 valence electrons. The standard InChI is InChI=1S/C15H16BrClN2O/c1-4-12-15(16)13(19(3)18-12)8-14(20)10-5-6-11(17)9(2)7-10/h5-7H,4,8H2,1-3H3. The van der Waals surface area contributed by atoms with Crippen LogP contribution in [0.2, 0.25) is 5.02 Å². The number of ketones is 1. The lowest BCUT2D eigenvalue weighted by molar-refractivity contribution is 0.0990. The molecule has 5 heteroatoms. The molecule has 2 rings (SSSR count). The Morgan fingerprint density at radius 1 is 1.45 bits per heavy atom. The second kappa shape index (κ2) is 6.10. The van der Waals surface area contributed by atoms with Crippen molar-refractivity contribution in [3.8, 4) is 0 Å². The Morgan fingerprint density at radius 2 is 2.15 bits per heavy atom. The largest absolute Gasteiger partial charge is 0.294 e. The van der Waals surface area contributed by atoms with Crippen LogP contribution in [0.1, 0.15) is 34.2 Å². The van der Waals surface area contributed by atoms with E-state index in [1.54, 1.807) is 16.8 Å². The molecule has 1 heterocycles. The van der Waals surface area contributed by atoms with E-state index in [0.717, 1.165) is 27.8 Å². The summed E-state index contributed by atoms with van der Waals surface area (Å²) in [4.78, 5) is 12.4. The number of halogens is 2. The van der Waals surface area contributed by atoms with E-state index in [4.69, 9.17) is 11.6 Å². The van der Waals surface area contributed by atoms with Crippen molar-refractivity contribution in [2.24, 2.45) is 7.05 Å². The quantitative estimate of drug-likeness (QED) is 0.773. The van der Waals surface area contributed by atoms with Gasteiger partial charge in [-0.25, -0.2) is 0 Å². The van der Waals surface area contributed by atoms with Crippen molar-refractivity contribution in [1.82, 2.24) is 9.78 Å². The minimum Gasteiger partial charge on any atom is -0.294 e. The average molecular weight is 356 g/mol. The van der Waals surface area contributed by atoms with Crippen LogP contribution in [0, 0.1) is 6.92 Å². The highest BCUT2D eigenvalue weighted by atomic mass is 79.9. The molecule has 0 unspecified atom stereocenters. The van der Waals surface area contributed by atoms with E-state index in [2.05, 4.69) is 21.0 Å². The number of benzene rings is 1. The topological polar surface area (TPSA) is 34.9 Å². The van der Waals surface area contributed by atoms with Gasteiger partial charge in [-0.05, 0) is 53.0 Å². The van der Waals surface area contributed by atoms with Crippen molar-refractivity contribution in [2.45, 2.75) is 26.7 Å². The SMILES string of the molecule is CCc1nn(C)c(CC(=O)c2ccc(Cl)c(C)c2)c1Br. The number of carbonyl (C=O) groups excluding carboxylic acids is 1. The molecule has 0 atom stereocenters. The van der Waals surface area contributed by atoms with Gasteiger partial charge in [-0.15, -0.1) is 0 Å². The van der Waals surface area contributed by atoms with Crippen LogP contribution in [-0.4, -0.2) is 15.6 Å². The molecule has 0 fully saturated rings. The Bertz CT molecular complexity index is 664. The van der Waals surface area contributed by atoms with Gasteiger partial charge in [0.05, 0.1) is 22.3 Å². The molecular formula is C15H16BrClN2O. The highest BCUT2D eigenvalue weighted by Crippen LogP contribution is 2.24. The lowest BCUT2D eigenvalue weighted by atomic mass is 10.0. The third kappa shape index (κ3) is 2.96. The number of rotatable bonds is 4. The molecule has 0 aliphatic heterocycles. The second-order valence-electron chi connectivity index (χ2n) is 4.75. The van der Waals surface area contributed by atoms with E-state index in [1.807, 2.05) is 27.0 Å². The molecule has 0 aliphatic rings. The van der Waals surface area contributed by atoms with Crippen LogP contribution in [0.3, 0.4) is 0 Å². The van der Waals surface area contributed by atoms with Gasteiger partial charge in [-0.2, -0.15) is 5.10 Å². The molecule has 0 spiro atoms. The zero-order valence-electron chi connectivity index (χ0n) is 11.7. The molecule has 20 heavy (non-hydrogen) atoms. The van der Waals surface area contributed by atoms with E-state index in [-0.39, 0.29) is 5.78 Å². The fourth-order valence-corrected chi connectivity index (χ4v) is 2.96. The number of nitrogens with zero attached hydrogens (tertiary/aromatic N) is 2. The van der Waals surface area contributed by atoms with E-state index in [1.165, 1.54) is 0 Å². The summed E-state index contributed by atoms with van der Waals surface area (Å²) in [5.74, 6) is 0.0659. The molecule has 0 bridgehead atoms. The van der Waals surface area contributed by atoms with Crippen LogP contribution in [0.4, 0.5) is 0 Å². The molecule has 2 aromatic rings. The first kappa shape index (κ1) is 15.3. The molecule has 3 nitrogen and oxygen atoms in total. The van der Waals surface area contributed by atoms with Gasteiger partial charge in [0.25, 0.3) is 0 Å². The monoisotopic (exact) mass is 354 g/mol. The fraction of sp³-hybridized carbons (Fsp3) is 0.333. The molecule has 0 N–H and O–H groups in total. The van der Waals surface area contributed by atoms with Gasteiger partial charge in [-0.1, -0.05) is 18.5 Å². The zero-order chi connectivity index (χ0) is 14.9. The van der Waals surface area contributed by atoms with Gasteiger partial charge in [-0.3, -0.25) is 9.48 Å². The average Bonchev–Trinajstić information content (AvgIpc) is 2.69. The normalized spacial score (nSPS) is 10.8. The van der Waals surface area contributed by atoms with Gasteiger partial charge >= 0.3 is 0 Å². The van der Waals surface area contributed by atoms with Gasteiger partial charge in [0.15, 0.2) is 5.78 Å². The summed E-state index contributed by atoms with van der Waals surface area (Å²) in [6.45, 7) is 3.94. The van der Waals surface area contributed by atoms with E-state index in [0.29, 0.717) is 17.0 Å². The van der Waals surface area contributed by atoms with Gasteiger partial charge in [0.1, 0.15) is 0 Å². The first-order valence-corrected chi connectivity index (χ1v) is 7.60. The van der Waals surface area contributed by atoms with Crippen LogP contribution in [0.15, 0.2) is 22.7 Å². The molecular weight excluding hydrogens is 340 g/mol. The Kier molecular flexibility index (Phi) is 4.66. The van der Waals surface area contributed by atoms with E-state index < -0.39 is 0 Å². The number of aryl methyl sites for hydroxylation is 3.